The van der Waals surface area contributed by atoms with E-state index in [1.54, 1.807) is 27.4 Å². The van der Waals surface area contributed by atoms with Gasteiger partial charge >= 0.3 is 0 Å². The zero-order valence-electron chi connectivity index (χ0n) is 20.2. The Morgan fingerprint density at radius 2 is 1.71 bits per heavy atom. The summed E-state index contributed by atoms with van der Waals surface area (Å²) >= 11 is 0. The second kappa shape index (κ2) is 10.6. The number of hydrogen-bond acceptors (Lipinski definition) is 6. The van der Waals surface area contributed by atoms with Crippen molar-refractivity contribution in [3.63, 3.8) is 0 Å². The fourth-order valence-corrected chi connectivity index (χ4v) is 4.74. The van der Waals surface area contributed by atoms with Crippen LogP contribution >= 0.6 is 0 Å². The molecule has 0 spiro atoms. The van der Waals surface area contributed by atoms with Gasteiger partial charge in [0, 0.05) is 18.2 Å². The average molecular weight is 461 g/mol. The summed E-state index contributed by atoms with van der Waals surface area (Å²) < 4.78 is 17.1. The van der Waals surface area contributed by atoms with Gasteiger partial charge in [-0.2, -0.15) is 0 Å². The molecule has 0 aliphatic heterocycles. The van der Waals surface area contributed by atoms with Crippen LogP contribution in [0.15, 0.2) is 59.4 Å². The summed E-state index contributed by atoms with van der Waals surface area (Å²) in [5, 5.41) is 6.73. The van der Waals surface area contributed by atoms with E-state index in [-0.39, 0.29) is 11.5 Å². The Bertz CT molecular complexity index is 1210. The fourth-order valence-electron chi connectivity index (χ4n) is 4.74. The summed E-state index contributed by atoms with van der Waals surface area (Å²) in [7, 11) is 6.80. The molecule has 178 valence electrons. The van der Waals surface area contributed by atoms with Crippen LogP contribution in [0, 0.1) is 0 Å². The molecular weight excluding hydrogens is 428 g/mol. The summed E-state index contributed by atoms with van der Waals surface area (Å²) in [4.78, 5) is 13.2. The van der Waals surface area contributed by atoms with Gasteiger partial charge in [0.25, 0.3) is 0 Å². The van der Waals surface area contributed by atoms with Crippen LogP contribution in [0.2, 0.25) is 0 Å². The molecule has 6 nitrogen and oxygen atoms in total. The Morgan fingerprint density at radius 3 is 2.38 bits per heavy atom. The molecule has 3 aromatic carbocycles. The zero-order chi connectivity index (χ0) is 24.1. The van der Waals surface area contributed by atoms with Gasteiger partial charge in [-0.3, -0.25) is 4.79 Å². The molecule has 0 saturated heterocycles. The minimum Gasteiger partial charge on any atom is -0.493 e. The first kappa shape index (κ1) is 23.6. The predicted octanol–water partition coefficient (Wildman–Crippen LogP) is 4.60. The van der Waals surface area contributed by atoms with Crippen molar-refractivity contribution in [2.45, 2.75) is 25.3 Å². The summed E-state index contributed by atoms with van der Waals surface area (Å²) in [6.45, 7) is 0.675. The highest BCUT2D eigenvalue weighted by Gasteiger charge is 2.28. The molecule has 1 aliphatic carbocycles. The van der Waals surface area contributed by atoms with Crippen molar-refractivity contribution < 1.29 is 14.2 Å². The van der Waals surface area contributed by atoms with Crippen molar-refractivity contribution in [3.05, 3.63) is 81.5 Å². The van der Waals surface area contributed by atoms with Gasteiger partial charge < -0.3 is 24.8 Å². The quantitative estimate of drug-likeness (QED) is 0.512. The van der Waals surface area contributed by atoms with Crippen molar-refractivity contribution >= 4 is 5.69 Å². The smallest absolute Gasteiger partial charge is 0.203 e. The molecule has 0 fully saturated rings. The van der Waals surface area contributed by atoms with E-state index in [1.165, 1.54) is 5.56 Å². The number of aryl methyl sites for hydroxylation is 1. The van der Waals surface area contributed by atoms with E-state index in [0.29, 0.717) is 29.5 Å². The zero-order valence-corrected chi connectivity index (χ0v) is 20.2. The van der Waals surface area contributed by atoms with Crippen LogP contribution < -0.4 is 30.3 Å². The number of fused-ring (bicyclic) bond motifs is 3. The maximum atomic E-state index is 13.2. The molecule has 3 aromatic rings. The van der Waals surface area contributed by atoms with E-state index < -0.39 is 0 Å². The highest BCUT2D eigenvalue weighted by Crippen LogP contribution is 2.50. The molecule has 34 heavy (non-hydrogen) atoms. The van der Waals surface area contributed by atoms with Crippen molar-refractivity contribution in [3.8, 4) is 28.4 Å². The lowest BCUT2D eigenvalue weighted by Gasteiger charge is -2.19. The first-order valence-electron chi connectivity index (χ1n) is 11.6. The van der Waals surface area contributed by atoms with Gasteiger partial charge in [0.15, 0.2) is 11.5 Å². The minimum atomic E-state index is -0.0301. The second-order valence-electron chi connectivity index (χ2n) is 8.35. The Labute approximate surface area is 200 Å². The Morgan fingerprint density at radius 1 is 0.941 bits per heavy atom. The van der Waals surface area contributed by atoms with Gasteiger partial charge in [0.2, 0.25) is 11.2 Å². The van der Waals surface area contributed by atoms with E-state index in [9.17, 15) is 4.79 Å². The van der Waals surface area contributed by atoms with Crippen LogP contribution in [0.25, 0.3) is 11.1 Å². The van der Waals surface area contributed by atoms with Crippen LogP contribution in [0.1, 0.15) is 29.2 Å². The third kappa shape index (κ3) is 4.59. The summed E-state index contributed by atoms with van der Waals surface area (Å²) in [5.41, 5.74) is 5.74. The number of ether oxygens (including phenoxy) is 3. The molecule has 0 radical (unpaired) electrons. The number of hydrogen-bond donors (Lipinski definition) is 2. The standard InChI is InChI=1S/C28H32N2O4/c1-29-22-12-10-19-16-25(32-2)27(33-3)28(34-4)26(19)20-11-13-23(24(31)17-21(20)22)30-15-14-18-8-6-5-7-9-18/h5-9,11,13,16-17,22,29H,10,12,14-15H2,1-4H3,(H,30,31)/t22-/m0/s1. The molecule has 4 rings (SSSR count). The van der Waals surface area contributed by atoms with E-state index in [2.05, 4.69) is 22.8 Å². The molecule has 0 bridgehead atoms. The van der Waals surface area contributed by atoms with Crippen molar-refractivity contribution in [2.24, 2.45) is 0 Å². The summed E-state index contributed by atoms with van der Waals surface area (Å²) in [5.74, 6) is 1.80. The van der Waals surface area contributed by atoms with Crippen LogP contribution in [-0.2, 0) is 12.8 Å². The maximum Gasteiger partial charge on any atom is 0.203 e. The largest absolute Gasteiger partial charge is 0.493 e. The average Bonchev–Trinajstić information content (AvgIpc) is 3.11. The predicted molar refractivity (Wildman–Crippen MR) is 137 cm³/mol. The van der Waals surface area contributed by atoms with Crippen LogP contribution in [-0.4, -0.2) is 34.9 Å². The first-order chi connectivity index (χ1) is 16.6. The molecule has 0 heterocycles. The van der Waals surface area contributed by atoms with E-state index in [4.69, 9.17) is 14.2 Å². The molecular formula is C28H32N2O4. The number of nitrogens with one attached hydrogen (secondary N) is 2. The SMILES string of the molecule is CN[C@H]1CCc2cc(OC)c(OC)c(OC)c2-c2ccc(NCCc3ccccc3)c(=O)cc21. The van der Waals surface area contributed by atoms with Crippen LogP contribution in [0.4, 0.5) is 5.69 Å². The normalized spacial score (nSPS) is 14.4. The molecule has 0 aromatic heterocycles. The van der Waals surface area contributed by atoms with Gasteiger partial charge in [-0.05, 0) is 66.8 Å². The molecule has 0 saturated carbocycles. The molecule has 6 heteroatoms. The second-order valence-corrected chi connectivity index (χ2v) is 8.35. The van der Waals surface area contributed by atoms with Crippen LogP contribution in [0.5, 0.6) is 17.2 Å². The molecule has 0 amide bonds. The third-order valence-corrected chi connectivity index (χ3v) is 6.46. The number of methoxy groups -OCH3 is 3. The fraction of sp³-hybridized carbons (Fsp3) is 0.321. The van der Waals surface area contributed by atoms with E-state index >= 15 is 0 Å². The Kier molecular flexibility index (Phi) is 7.38. The van der Waals surface area contributed by atoms with Crippen LogP contribution in [0.3, 0.4) is 0 Å². The highest BCUT2D eigenvalue weighted by atomic mass is 16.5. The number of anilines is 1. The first-order valence-corrected chi connectivity index (χ1v) is 11.6. The van der Waals surface area contributed by atoms with Gasteiger partial charge in [0.1, 0.15) is 0 Å². The summed E-state index contributed by atoms with van der Waals surface area (Å²) in [6, 6.07) is 17.9. The monoisotopic (exact) mass is 460 g/mol. The minimum absolute atomic E-state index is 0.0290. The molecule has 1 aliphatic rings. The molecule has 2 N–H and O–H groups in total. The topological polar surface area (TPSA) is 68.8 Å². The maximum absolute atomic E-state index is 13.2. The number of benzene rings is 2. The van der Waals surface area contributed by atoms with Gasteiger partial charge in [-0.1, -0.05) is 36.4 Å². The highest BCUT2D eigenvalue weighted by molar-refractivity contribution is 5.83. The number of rotatable bonds is 8. The van der Waals surface area contributed by atoms with Crippen molar-refractivity contribution in [1.29, 1.82) is 0 Å². The summed E-state index contributed by atoms with van der Waals surface area (Å²) in [6.07, 6.45) is 2.49. The van der Waals surface area contributed by atoms with Crippen molar-refractivity contribution in [1.82, 2.24) is 5.32 Å². The van der Waals surface area contributed by atoms with Gasteiger partial charge in [-0.25, -0.2) is 0 Å². The van der Waals surface area contributed by atoms with E-state index in [0.717, 1.165) is 41.5 Å². The Balaban J connectivity index is 1.81. The lowest BCUT2D eigenvalue weighted by atomic mass is 9.95. The third-order valence-electron chi connectivity index (χ3n) is 6.46. The van der Waals surface area contributed by atoms with E-state index in [1.807, 2.05) is 43.4 Å². The Hall–Kier alpha value is -3.51. The molecule has 0 unspecified atom stereocenters. The van der Waals surface area contributed by atoms with Gasteiger partial charge in [-0.15, -0.1) is 0 Å². The van der Waals surface area contributed by atoms with Crippen molar-refractivity contribution in [2.75, 3.05) is 40.2 Å². The lowest BCUT2D eigenvalue weighted by Crippen LogP contribution is -2.18. The van der Waals surface area contributed by atoms with Gasteiger partial charge in [0.05, 0.1) is 27.0 Å². The molecule has 1 atom stereocenters. The lowest BCUT2D eigenvalue weighted by molar-refractivity contribution is 0.324.